The quantitative estimate of drug-likeness (QED) is 0.225. The van der Waals surface area contributed by atoms with Crippen molar-refractivity contribution in [3.05, 3.63) is 35.1 Å². The molecule has 5 nitrogen and oxygen atoms in total. The number of methoxy groups -OCH3 is 1. The molecule has 0 atom stereocenters. The third-order valence-electron chi connectivity index (χ3n) is 4.31. The van der Waals surface area contributed by atoms with Gasteiger partial charge in [-0.2, -0.15) is 0 Å². The summed E-state index contributed by atoms with van der Waals surface area (Å²) in [5.74, 6) is 0.515. The Kier molecular flexibility index (Phi) is 13.6. The molecule has 0 radical (unpaired) electrons. The second-order valence-corrected chi connectivity index (χ2v) is 6.99. The van der Waals surface area contributed by atoms with Crippen molar-refractivity contribution in [2.24, 2.45) is 4.99 Å². The Morgan fingerprint density at radius 1 is 1.19 bits per heavy atom. The van der Waals surface area contributed by atoms with Gasteiger partial charge in [-0.15, -0.1) is 24.0 Å². The van der Waals surface area contributed by atoms with Crippen LogP contribution in [0.25, 0.3) is 0 Å². The largest absolute Gasteiger partial charge is 0.380 e. The lowest BCUT2D eigenvalue weighted by Gasteiger charge is -2.30. The summed E-state index contributed by atoms with van der Waals surface area (Å²) >= 11 is 0. The maximum atomic E-state index is 13.7. The standard InChI is InChI=1S/C20H35FN4O.HI/c1-15(2)25(16(3)4)11-7-10-23-20(22-5)24-13-17-8-9-19(21)18(12-17)14-26-6;/h8-9,12,15-16H,7,10-11,13-14H2,1-6H3,(H2,22,23,24);1H. The number of hydrogen-bond donors (Lipinski definition) is 2. The molecule has 0 aliphatic rings. The van der Waals surface area contributed by atoms with Crippen molar-refractivity contribution >= 4 is 29.9 Å². The normalized spacial score (nSPS) is 11.9. The molecular formula is C20H36FIN4O. The zero-order chi connectivity index (χ0) is 19.5. The number of nitrogens with one attached hydrogen (secondary N) is 2. The second kappa shape index (κ2) is 14.1. The molecule has 0 heterocycles. The zero-order valence-corrected chi connectivity index (χ0v) is 19.8. The molecule has 0 saturated carbocycles. The number of rotatable bonds is 10. The van der Waals surface area contributed by atoms with Crippen molar-refractivity contribution in [3.63, 3.8) is 0 Å². The molecule has 0 saturated heterocycles. The number of halogens is 2. The van der Waals surface area contributed by atoms with Crippen LogP contribution in [0.4, 0.5) is 4.39 Å². The van der Waals surface area contributed by atoms with Gasteiger partial charge in [0.15, 0.2) is 5.96 Å². The predicted molar refractivity (Wildman–Crippen MR) is 122 cm³/mol. The van der Waals surface area contributed by atoms with E-state index in [1.165, 1.54) is 6.07 Å². The maximum Gasteiger partial charge on any atom is 0.191 e. The van der Waals surface area contributed by atoms with E-state index in [4.69, 9.17) is 4.74 Å². The first-order chi connectivity index (χ1) is 12.4. The average molecular weight is 494 g/mol. The van der Waals surface area contributed by atoms with E-state index in [2.05, 4.69) is 48.2 Å². The molecule has 0 amide bonds. The lowest BCUT2D eigenvalue weighted by atomic mass is 10.1. The lowest BCUT2D eigenvalue weighted by Crippen LogP contribution is -2.41. The summed E-state index contributed by atoms with van der Waals surface area (Å²) in [6.07, 6.45) is 1.05. The summed E-state index contributed by atoms with van der Waals surface area (Å²) in [6.45, 7) is 11.7. The highest BCUT2D eigenvalue weighted by Gasteiger charge is 2.12. The number of ether oxygens (including phenoxy) is 1. The minimum atomic E-state index is -0.238. The minimum absolute atomic E-state index is 0. The highest BCUT2D eigenvalue weighted by Crippen LogP contribution is 2.11. The first-order valence-corrected chi connectivity index (χ1v) is 9.35. The molecule has 156 valence electrons. The van der Waals surface area contributed by atoms with Gasteiger partial charge < -0.3 is 15.4 Å². The zero-order valence-electron chi connectivity index (χ0n) is 17.5. The van der Waals surface area contributed by atoms with Gasteiger partial charge in [-0.1, -0.05) is 6.07 Å². The van der Waals surface area contributed by atoms with Gasteiger partial charge in [0, 0.05) is 51.4 Å². The fraction of sp³-hybridized carbons (Fsp3) is 0.650. The summed E-state index contributed by atoms with van der Waals surface area (Å²) in [5, 5.41) is 6.61. The van der Waals surface area contributed by atoms with Gasteiger partial charge in [-0.25, -0.2) is 4.39 Å². The van der Waals surface area contributed by atoms with Crippen LogP contribution in [0.1, 0.15) is 45.2 Å². The van der Waals surface area contributed by atoms with Crippen LogP contribution in [0.5, 0.6) is 0 Å². The number of guanidine groups is 1. The Bertz CT molecular complexity index is 559. The number of nitrogens with zero attached hydrogens (tertiary/aromatic N) is 2. The summed E-state index contributed by atoms with van der Waals surface area (Å²) in [7, 11) is 3.32. The fourth-order valence-corrected chi connectivity index (χ4v) is 2.99. The van der Waals surface area contributed by atoms with E-state index in [0.717, 1.165) is 31.0 Å². The van der Waals surface area contributed by atoms with E-state index >= 15 is 0 Å². The topological polar surface area (TPSA) is 48.9 Å². The molecule has 0 unspecified atom stereocenters. The van der Waals surface area contributed by atoms with Gasteiger partial charge in [0.05, 0.1) is 6.61 Å². The van der Waals surface area contributed by atoms with E-state index in [1.807, 2.05) is 6.07 Å². The van der Waals surface area contributed by atoms with Crippen LogP contribution in [0.15, 0.2) is 23.2 Å². The van der Waals surface area contributed by atoms with Crippen molar-refractivity contribution in [2.45, 2.75) is 59.4 Å². The van der Waals surface area contributed by atoms with Crippen LogP contribution >= 0.6 is 24.0 Å². The van der Waals surface area contributed by atoms with Gasteiger partial charge in [0.1, 0.15) is 5.82 Å². The van der Waals surface area contributed by atoms with Gasteiger partial charge in [0.25, 0.3) is 0 Å². The van der Waals surface area contributed by atoms with Crippen molar-refractivity contribution < 1.29 is 9.13 Å². The van der Waals surface area contributed by atoms with Crippen LogP contribution in [-0.4, -0.2) is 50.2 Å². The Hall–Kier alpha value is -0.930. The van der Waals surface area contributed by atoms with Crippen molar-refractivity contribution in [3.8, 4) is 0 Å². The van der Waals surface area contributed by atoms with Crippen LogP contribution in [-0.2, 0) is 17.9 Å². The number of benzene rings is 1. The third kappa shape index (κ3) is 9.71. The molecule has 1 aromatic carbocycles. The summed E-state index contributed by atoms with van der Waals surface area (Å²) in [6, 6.07) is 6.17. The molecule has 1 rings (SSSR count). The van der Waals surface area contributed by atoms with E-state index < -0.39 is 0 Å². The lowest BCUT2D eigenvalue weighted by molar-refractivity contribution is 0.173. The number of hydrogen-bond acceptors (Lipinski definition) is 3. The molecular weight excluding hydrogens is 458 g/mol. The van der Waals surface area contributed by atoms with Crippen molar-refractivity contribution in [2.75, 3.05) is 27.2 Å². The predicted octanol–water partition coefficient (Wildman–Crippen LogP) is 3.76. The van der Waals surface area contributed by atoms with Crippen molar-refractivity contribution in [1.29, 1.82) is 0 Å². The Labute approximate surface area is 181 Å². The molecule has 7 heteroatoms. The SMILES string of the molecule is CN=C(NCCCN(C(C)C)C(C)C)NCc1ccc(F)c(COC)c1.I. The van der Waals surface area contributed by atoms with E-state index in [0.29, 0.717) is 24.2 Å². The summed E-state index contributed by atoms with van der Waals surface area (Å²) < 4.78 is 18.7. The van der Waals surface area contributed by atoms with Gasteiger partial charge >= 0.3 is 0 Å². The summed E-state index contributed by atoms with van der Waals surface area (Å²) in [5.41, 5.74) is 1.56. The van der Waals surface area contributed by atoms with Crippen LogP contribution in [0.3, 0.4) is 0 Å². The second-order valence-electron chi connectivity index (χ2n) is 6.99. The van der Waals surface area contributed by atoms with Gasteiger partial charge in [0.2, 0.25) is 0 Å². The van der Waals surface area contributed by atoms with E-state index in [9.17, 15) is 4.39 Å². The smallest absolute Gasteiger partial charge is 0.191 e. The Morgan fingerprint density at radius 3 is 2.41 bits per heavy atom. The van der Waals surface area contributed by atoms with E-state index in [-0.39, 0.29) is 36.4 Å². The molecule has 0 aromatic heterocycles. The summed E-state index contributed by atoms with van der Waals surface area (Å²) in [4.78, 5) is 6.73. The average Bonchev–Trinajstić information content (AvgIpc) is 2.59. The Morgan fingerprint density at radius 2 is 1.85 bits per heavy atom. The van der Waals surface area contributed by atoms with Crippen LogP contribution in [0, 0.1) is 5.82 Å². The third-order valence-corrected chi connectivity index (χ3v) is 4.31. The molecule has 0 aliphatic carbocycles. The van der Waals surface area contributed by atoms with Crippen LogP contribution < -0.4 is 10.6 Å². The first kappa shape index (κ1) is 26.1. The highest BCUT2D eigenvalue weighted by molar-refractivity contribution is 14.0. The van der Waals surface area contributed by atoms with Gasteiger partial charge in [-0.05, 0) is 51.8 Å². The monoisotopic (exact) mass is 494 g/mol. The first-order valence-electron chi connectivity index (χ1n) is 9.35. The molecule has 0 fully saturated rings. The molecule has 2 N–H and O–H groups in total. The van der Waals surface area contributed by atoms with E-state index in [1.54, 1.807) is 20.2 Å². The Balaban J connectivity index is 0.00000676. The molecule has 27 heavy (non-hydrogen) atoms. The number of aliphatic imine (C=N–C) groups is 1. The van der Waals surface area contributed by atoms with Crippen molar-refractivity contribution in [1.82, 2.24) is 15.5 Å². The maximum absolute atomic E-state index is 13.7. The minimum Gasteiger partial charge on any atom is -0.380 e. The molecule has 0 aliphatic heterocycles. The highest BCUT2D eigenvalue weighted by atomic mass is 127. The molecule has 1 aromatic rings. The fourth-order valence-electron chi connectivity index (χ4n) is 2.99. The molecule has 0 bridgehead atoms. The van der Waals surface area contributed by atoms with Crippen LogP contribution in [0.2, 0.25) is 0 Å². The molecule has 0 spiro atoms. The van der Waals surface area contributed by atoms with Gasteiger partial charge in [-0.3, -0.25) is 9.89 Å².